The monoisotopic (exact) mass is 428 g/mol. The van der Waals surface area contributed by atoms with Gasteiger partial charge in [-0.2, -0.15) is 0 Å². The number of ether oxygens (including phenoxy) is 2. The lowest BCUT2D eigenvalue weighted by molar-refractivity contribution is 0.183. The summed E-state index contributed by atoms with van der Waals surface area (Å²) in [6.07, 6.45) is 1.65. The predicted octanol–water partition coefficient (Wildman–Crippen LogP) is 6.20. The van der Waals surface area contributed by atoms with Crippen LogP contribution >= 0.6 is 18.5 Å². The zero-order chi connectivity index (χ0) is 20.8. The molecule has 0 spiro atoms. The summed E-state index contributed by atoms with van der Waals surface area (Å²) in [6, 6.07) is 18.1. The van der Waals surface area contributed by atoms with Crippen molar-refractivity contribution in [3.8, 4) is 22.3 Å². The molecule has 0 aliphatic rings. The highest BCUT2D eigenvalue weighted by molar-refractivity contribution is 7.15. The van der Waals surface area contributed by atoms with Gasteiger partial charge in [-0.25, -0.2) is 4.39 Å². The Morgan fingerprint density at radius 1 is 0.690 bits per heavy atom. The van der Waals surface area contributed by atoms with Crippen molar-refractivity contribution in [1.29, 1.82) is 0 Å². The van der Waals surface area contributed by atoms with Crippen LogP contribution in [0.5, 0.6) is 0 Å². The van der Waals surface area contributed by atoms with Gasteiger partial charge in [0, 0.05) is 19.8 Å². The van der Waals surface area contributed by atoms with Crippen LogP contribution in [-0.2, 0) is 35.0 Å². The van der Waals surface area contributed by atoms with Crippen molar-refractivity contribution in [1.82, 2.24) is 0 Å². The fraction of sp³-hybridized carbons (Fsp3) is 0.250. The van der Waals surface area contributed by atoms with E-state index in [2.05, 4.69) is 48.8 Å². The van der Waals surface area contributed by atoms with E-state index < -0.39 is 0 Å². The van der Waals surface area contributed by atoms with Gasteiger partial charge in [-0.3, -0.25) is 0 Å². The highest BCUT2D eigenvalue weighted by Gasteiger charge is 2.16. The number of hydrogen-bond donors (Lipinski definition) is 0. The minimum Gasteiger partial charge on any atom is -0.380 e. The molecule has 2 unspecified atom stereocenters. The van der Waals surface area contributed by atoms with E-state index in [-0.39, 0.29) is 5.82 Å². The Kier molecular flexibility index (Phi) is 7.92. The maximum atomic E-state index is 14.9. The number of hydrogen-bond acceptors (Lipinski definition) is 2. The molecule has 29 heavy (non-hydrogen) atoms. The first-order valence-electron chi connectivity index (χ1n) is 9.53. The van der Waals surface area contributed by atoms with Crippen LogP contribution in [0.1, 0.15) is 22.3 Å². The average Bonchev–Trinajstić information content (AvgIpc) is 2.75. The van der Waals surface area contributed by atoms with Crippen LogP contribution in [0.2, 0.25) is 0 Å². The van der Waals surface area contributed by atoms with Crippen molar-refractivity contribution < 1.29 is 13.9 Å². The molecule has 0 N–H and O–H groups in total. The lowest BCUT2D eigenvalue weighted by Crippen LogP contribution is -2.01. The predicted molar refractivity (Wildman–Crippen MR) is 126 cm³/mol. The van der Waals surface area contributed by atoms with E-state index >= 15 is 0 Å². The van der Waals surface area contributed by atoms with E-state index in [9.17, 15) is 4.39 Å². The van der Waals surface area contributed by atoms with Gasteiger partial charge in [0.2, 0.25) is 0 Å². The third kappa shape index (κ3) is 5.11. The molecule has 2 atom stereocenters. The molecule has 0 saturated heterocycles. The molecule has 3 aromatic rings. The molecule has 0 fully saturated rings. The molecule has 3 aromatic carbocycles. The largest absolute Gasteiger partial charge is 0.380 e. The molecule has 2 nitrogen and oxygen atoms in total. The molecule has 0 aromatic heterocycles. The fourth-order valence-electron chi connectivity index (χ4n) is 3.48. The van der Waals surface area contributed by atoms with Gasteiger partial charge in [-0.05, 0) is 69.5 Å². The second-order valence-electron chi connectivity index (χ2n) is 6.95. The zero-order valence-electron chi connectivity index (χ0n) is 16.9. The first kappa shape index (κ1) is 22.1. The number of halogens is 1. The van der Waals surface area contributed by atoms with Crippen LogP contribution < -0.4 is 0 Å². The molecule has 0 radical (unpaired) electrons. The normalized spacial score (nSPS) is 11.1. The van der Waals surface area contributed by atoms with Gasteiger partial charge in [-0.1, -0.05) is 36.4 Å². The molecule has 152 valence electrons. The second kappa shape index (κ2) is 10.4. The summed E-state index contributed by atoms with van der Waals surface area (Å²) < 4.78 is 25.8. The quantitative estimate of drug-likeness (QED) is 0.398. The Morgan fingerprint density at radius 3 is 1.79 bits per heavy atom. The summed E-state index contributed by atoms with van der Waals surface area (Å²) in [4.78, 5) is 0. The first-order valence-corrected chi connectivity index (χ1v) is 11.2. The van der Waals surface area contributed by atoms with E-state index in [1.54, 1.807) is 20.3 Å². The van der Waals surface area contributed by atoms with Crippen LogP contribution in [0.4, 0.5) is 4.39 Å². The molecule has 5 heteroatoms. The molecule has 0 amide bonds. The van der Waals surface area contributed by atoms with Gasteiger partial charge in [0.25, 0.3) is 0 Å². The van der Waals surface area contributed by atoms with Crippen LogP contribution in [0.15, 0.2) is 54.6 Å². The second-order valence-corrected chi connectivity index (χ2v) is 7.77. The summed E-state index contributed by atoms with van der Waals surface area (Å²) in [5.41, 5.74) is 7.82. The molecule has 0 aliphatic heterocycles. The summed E-state index contributed by atoms with van der Waals surface area (Å²) in [7, 11) is 8.71. The molecular formula is C24H27FO2P2. The smallest absolute Gasteiger partial charge is 0.131 e. The highest BCUT2D eigenvalue weighted by Crippen LogP contribution is 2.35. The van der Waals surface area contributed by atoms with E-state index in [1.807, 2.05) is 18.2 Å². The van der Waals surface area contributed by atoms with E-state index in [0.717, 1.165) is 45.7 Å². The Labute approximate surface area is 177 Å². The van der Waals surface area contributed by atoms with Crippen molar-refractivity contribution in [3.63, 3.8) is 0 Å². The van der Waals surface area contributed by atoms with Gasteiger partial charge in [-0.15, -0.1) is 18.5 Å². The van der Waals surface area contributed by atoms with Crippen molar-refractivity contribution >= 4 is 18.5 Å². The summed E-state index contributed by atoms with van der Waals surface area (Å²) in [5.74, 6) is -0.219. The summed E-state index contributed by atoms with van der Waals surface area (Å²) in [5, 5.41) is 0. The number of methoxy groups -OCH3 is 2. The maximum absolute atomic E-state index is 14.9. The number of rotatable bonds is 8. The standard InChI is InChI=1S/C24H27FO2P2/c1-26-12-19-11-23(21-8-5-17(15-29)9-24(21)25)20(13-27-2)10-22(19)18-6-3-16(14-28)4-7-18/h3-11H,12-15,28-29H2,1-2H3. The third-order valence-electron chi connectivity index (χ3n) is 4.99. The Bertz CT molecular complexity index is 971. The van der Waals surface area contributed by atoms with E-state index in [1.165, 1.54) is 5.56 Å². The van der Waals surface area contributed by atoms with Crippen molar-refractivity contribution in [2.45, 2.75) is 25.5 Å². The molecule has 3 rings (SSSR count). The van der Waals surface area contributed by atoms with Crippen LogP contribution in [-0.4, -0.2) is 14.2 Å². The van der Waals surface area contributed by atoms with Gasteiger partial charge in [0.15, 0.2) is 0 Å². The minimum atomic E-state index is -0.219. The van der Waals surface area contributed by atoms with E-state index in [0.29, 0.717) is 18.8 Å². The summed E-state index contributed by atoms with van der Waals surface area (Å²) >= 11 is 0. The lowest BCUT2D eigenvalue weighted by atomic mass is 9.90. The number of benzene rings is 3. The van der Waals surface area contributed by atoms with Crippen molar-refractivity contribution in [3.05, 3.63) is 82.7 Å². The fourth-order valence-corrected chi connectivity index (χ4v) is 4.01. The molecule has 0 aliphatic carbocycles. The van der Waals surface area contributed by atoms with Gasteiger partial charge < -0.3 is 9.47 Å². The van der Waals surface area contributed by atoms with Gasteiger partial charge in [0.05, 0.1) is 13.2 Å². The zero-order valence-corrected chi connectivity index (χ0v) is 19.2. The molecule has 0 heterocycles. The van der Waals surface area contributed by atoms with E-state index in [4.69, 9.17) is 9.47 Å². The summed E-state index contributed by atoms with van der Waals surface area (Å²) in [6.45, 7) is 0.858. The average molecular weight is 428 g/mol. The van der Waals surface area contributed by atoms with Crippen molar-refractivity contribution in [2.75, 3.05) is 14.2 Å². The SMILES string of the molecule is COCc1cc(-c2ccc(CP)cc2F)c(COC)cc1-c1ccc(CP)cc1. The minimum absolute atomic E-state index is 0.219. The van der Waals surface area contributed by atoms with Gasteiger partial charge >= 0.3 is 0 Å². The lowest BCUT2D eigenvalue weighted by Gasteiger charge is -2.18. The Morgan fingerprint density at radius 2 is 1.24 bits per heavy atom. The van der Waals surface area contributed by atoms with Crippen LogP contribution in [0.3, 0.4) is 0 Å². The molecular weight excluding hydrogens is 401 g/mol. The Hall–Kier alpha value is -1.63. The first-order chi connectivity index (χ1) is 14.1. The van der Waals surface area contributed by atoms with Crippen molar-refractivity contribution in [2.24, 2.45) is 0 Å². The van der Waals surface area contributed by atoms with Crippen LogP contribution in [0, 0.1) is 5.82 Å². The van der Waals surface area contributed by atoms with Gasteiger partial charge in [0.1, 0.15) is 5.82 Å². The topological polar surface area (TPSA) is 18.5 Å². The Balaban J connectivity index is 2.17. The highest BCUT2D eigenvalue weighted by atomic mass is 31.0. The van der Waals surface area contributed by atoms with Crippen LogP contribution in [0.25, 0.3) is 22.3 Å². The molecule has 0 saturated carbocycles. The molecule has 0 bridgehead atoms. The maximum Gasteiger partial charge on any atom is 0.131 e. The third-order valence-corrected chi connectivity index (χ3v) is 5.93.